The number of aliphatic hydroxyl groups is 1. The van der Waals surface area contributed by atoms with E-state index in [9.17, 15) is 9.90 Å². The van der Waals surface area contributed by atoms with Gasteiger partial charge in [0.15, 0.2) is 0 Å². The Morgan fingerprint density at radius 3 is 2.44 bits per heavy atom. The molecule has 4 nitrogen and oxygen atoms in total. The summed E-state index contributed by atoms with van der Waals surface area (Å²) in [6.45, 7) is 8.54. The van der Waals surface area contributed by atoms with Crippen LogP contribution in [0.2, 0.25) is 0 Å². The largest absolute Gasteiger partial charge is 0.465 e. The third-order valence-corrected chi connectivity index (χ3v) is 2.49. The fourth-order valence-corrected chi connectivity index (χ4v) is 1.33. The average Bonchev–Trinajstić information content (AvgIpc) is 2.23. The van der Waals surface area contributed by atoms with Gasteiger partial charge in [-0.2, -0.15) is 0 Å². The van der Waals surface area contributed by atoms with Gasteiger partial charge in [0, 0.05) is 6.54 Å². The fraction of sp³-hybridized carbons (Fsp3) is 0.917. The molecule has 4 heteroatoms. The summed E-state index contributed by atoms with van der Waals surface area (Å²) in [7, 11) is 0. The first-order chi connectivity index (χ1) is 7.52. The molecule has 0 amide bonds. The summed E-state index contributed by atoms with van der Waals surface area (Å²) in [6, 6.07) is -0.293. The Hall–Kier alpha value is -0.610. The van der Waals surface area contributed by atoms with Crippen molar-refractivity contribution in [2.24, 2.45) is 5.92 Å². The van der Waals surface area contributed by atoms with Crippen molar-refractivity contribution in [3.63, 3.8) is 0 Å². The van der Waals surface area contributed by atoms with Crippen molar-refractivity contribution in [1.82, 2.24) is 5.32 Å². The van der Waals surface area contributed by atoms with E-state index >= 15 is 0 Å². The fourth-order valence-electron chi connectivity index (χ4n) is 1.33. The molecule has 0 saturated heterocycles. The van der Waals surface area contributed by atoms with Crippen LogP contribution in [0.5, 0.6) is 0 Å². The molecule has 0 aliphatic heterocycles. The lowest BCUT2D eigenvalue weighted by atomic mass is 10.1. The van der Waals surface area contributed by atoms with Crippen molar-refractivity contribution < 1.29 is 14.6 Å². The van der Waals surface area contributed by atoms with Crippen molar-refractivity contribution >= 4 is 5.97 Å². The minimum absolute atomic E-state index is 0.192. The van der Waals surface area contributed by atoms with Crippen LogP contribution in [0.3, 0.4) is 0 Å². The smallest absolute Gasteiger partial charge is 0.323 e. The first-order valence-electron chi connectivity index (χ1n) is 6.10. The van der Waals surface area contributed by atoms with Crippen LogP contribution in [0, 0.1) is 5.92 Å². The van der Waals surface area contributed by atoms with Crippen molar-refractivity contribution in [2.45, 2.75) is 52.7 Å². The molecule has 2 N–H and O–H groups in total. The number of aliphatic hydroxyl groups excluding tert-OH is 1. The maximum absolute atomic E-state index is 11.5. The molecule has 16 heavy (non-hydrogen) atoms. The number of carbonyl (C=O) groups is 1. The van der Waals surface area contributed by atoms with Gasteiger partial charge in [0.25, 0.3) is 0 Å². The number of ether oxygens (including phenoxy) is 1. The van der Waals surface area contributed by atoms with E-state index in [4.69, 9.17) is 4.74 Å². The van der Waals surface area contributed by atoms with Gasteiger partial charge in [-0.3, -0.25) is 4.79 Å². The summed E-state index contributed by atoms with van der Waals surface area (Å²) in [5.74, 6) is -0.0303. The van der Waals surface area contributed by atoms with E-state index in [1.807, 2.05) is 20.8 Å². The molecule has 0 aliphatic rings. The van der Waals surface area contributed by atoms with E-state index in [1.54, 1.807) is 6.92 Å². The zero-order valence-electron chi connectivity index (χ0n) is 10.8. The van der Waals surface area contributed by atoms with Crippen LogP contribution in [0.1, 0.15) is 40.5 Å². The number of hydrogen-bond donors (Lipinski definition) is 2. The van der Waals surface area contributed by atoms with E-state index < -0.39 is 6.10 Å². The van der Waals surface area contributed by atoms with Gasteiger partial charge >= 0.3 is 5.97 Å². The third kappa shape index (κ3) is 6.08. The Morgan fingerprint density at radius 1 is 1.38 bits per heavy atom. The summed E-state index contributed by atoms with van der Waals surface area (Å²) in [5.41, 5.74) is 0. The van der Waals surface area contributed by atoms with E-state index in [0.717, 1.165) is 12.8 Å². The van der Waals surface area contributed by atoms with Gasteiger partial charge < -0.3 is 15.2 Å². The number of rotatable bonds is 8. The van der Waals surface area contributed by atoms with Crippen LogP contribution >= 0.6 is 0 Å². The normalized spacial score (nSPS) is 14.9. The predicted octanol–water partition coefficient (Wildman–Crippen LogP) is 1.32. The van der Waals surface area contributed by atoms with Crippen molar-refractivity contribution in [2.75, 3.05) is 13.2 Å². The average molecular weight is 231 g/mol. The number of carbonyl (C=O) groups excluding carboxylic acids is 1. The second-order valence-electron chi connectivity index (χ2n) is 4.31. The monoisotopic (exact) mass is 231 g/mol. The Labute approximate surface area is 98.4 Å². The highest BCUT2D eigenvalue weighted by atomic mass is 16.5. The molecule has 2 unspecified atom stereocenters. The lowest BCUT2D eigenvalue weighted by molar-refractivity contribution is -0.146. The summed E-state index contributed by atoms with van der Waals surface area (Å²) < 4.78 is 4.97. The highest BCUT2D eigenvalue weighted by molar-refractivity contribution is 5.75. The molecule has 0 aromatic carbocycles. The molecule has 0 heterocycles. The van der Waals surface area contributed by atoms with E-state index in [-0.39, 0.29) is 17.9 Å². The Bertz CT molecular complexity index is 195. The maximum Gasteiger partial charge on any atom is 0.323 e. The SMILES string of the molecule is CCCC(NCC(O)C(C)C)C(=O)OCC. The Balaban J connectivity index is 4.07. The minimum Gasteiger partial charge on any atom is -0.465 e. The van der Waals surface area contributed by atoms with Crippen LogP contribution in [-0.2, 0) is 9.53 Å². The zero-order valence-corrected chi connectivity index (χ0v) is 10.8. The zero-order chi connectivity index (χ0) is 12.6. The Morgan fingerprint density at radius 2 is 2.00 bits per heavy atom. The van der Waals surface area contributed by atoms with Gasteiger partial charge in [-0.25, -0.2) is 0 Å². The quantitative estimate of drug-likeness (QED) is 0.619. The minimum atomic E-state index is -0.422. The number of esters is 1. The van der Waals surface area contributed by atoms with Crippen LogP contribution in [0.25, 0.3) is 0 Å². The first-order valence-corrected chi connectivity index (χ1v) is 6.10. The first kappa shape index (κ1) is 15.4. The van der Waals surface area contributed by atoms with Gasteiger partial charge in [0.2, 0.25) is 0 Å². The van der Waals surface area contributed by atoms with E-state index in [0.29, 0.717) is 13.2 Å². The van der Waals surface area contributed by atoms with Crippen LogP contribution in [0.15, 0.2) is 0 Å². The molecule has 0 aromatic rings. The molecule has 96 valence electrons. The third-order valence-electron chi connectivity index (χ3n) is 2.49. The Kier molecular flexibility index (Phi) is 8.21. The lowest BCUT2D eigenvalue weighted by Crippen LogP contribution is -2.43. The van der Waals surface area contributed by atoms with Gasteiger partial charge in [0.1, 0.15) is 6.04 Å². The standard InChI is InChI=1S/C12H25NO3/c1-5-7-10(12(15)16-6-2)13-8-11(14)9(3)4/h9-11,13-14H,5-8H2,1-4H3. The topological polar surface area (TPSA) is 58.6 Å². The highest BCUT2D eigenvalue weighted by Gasteiger charge is 2.20. The molecule has 0 rings (SSSR count). The van der Waals surface area contributed by atoms with Gasteiger partial charge in [-0.05, 0) is 19.3 Å². The second-order valence-corrected chi connectivity index (χ2v) is 4.31. The molecular formula is C12H25NO3. The lowest BCUT2D eigenvalue weighted by Gasteiger charge is -2.20. The molecule has 0 spiro atoms. The van der Waals surface area contributed by atoms with Gasteiger partial charge in [0.05, 0.1) is 12.7 Å². The van der Waals surface area contributed by atoms with E-state index in [1.165, 1.54) is 0 Å². The summed E-state index contributed by atoms with van der Waals surface area (Å²) in [5, 5.41) is 12.7. The molecule has 2 atom stereocenters. The van der Waals surface area contributed by atoms with Crippen molar-refractivity contribution in [3.8, 4) is 0 Å². The van der Waals surface area contributed by atoms with Crippen molar-refractivity contribution in [3.05, 3.63) is 0 Å². The molecular weight excluding hydrogens is 206 g/mol. The molecule has 0 fully saturated rings. The molecule has 0 aliphatic carbocycles. The molecule has 0 aromatic heterocycles. The predicted molar refractivity (Wildman–Crippen MR) is 64.2 cm³/mol. The van der Waals surface area contributed by atoms with Crippen LogP contribution < -0.4 is 5.32 Å². The van der Waals surface area contributed by atoms with Crippen molar-refractivity contribution in [1.29, 1.82) is 0 Å². The second kappa shape index (κ2) is 8.53. The molecule has 0 saturated carbocycles. The molecule has 0 radical (unpaired) electrons. The van der Waals surface area contributed by atoms with E-state index in [2.05, 4.69) is 5.32 Å². The molecule has 0 bridgehead atoms. The number of hydrogen-bond acceptors (Lipinski definition) is 4. The van der Waals surface area contributed by atoms with Gasteiger partial charge in [-0.1, -0.05) is 27.2 Å². The number of nitrogens with one attached hydrogen (secondary N) is 1. The van der Waals surface area contributed by atoms with Crippen LogP contribution in [0.4, 0.5) is 0 Å². The summed E-state index contributed by atoms with van der Waals surface area (Å²) >= 11 is 0. The summed E-state index contributed by atoms with van der Waals surface area (Å²) in [6.07, 6.45) is 1.23. The highest BCUT2D eigenvalue weighted by Crippen LogP contribution is 2.03. The van der Waals surface area contributed by atoms with Crippen LogP contribution in [-0.4, -0.2) is 36.4 Å². The maximum atomic E-state index is 11.5. The summed E-state index contributed by atoms with van der Waals surface area (Å²) in [4.78, 5) is 11.5. The van der Waals surface area contributed by atoms with Gasteiger partial charge in [-0.15, -0.1) is 0 Å².